The van der Waals surface area contributed by atoms with Gasteiger partial charge in [-0.3, -0.25) is 0 Å². The standard InChI is InChI=1S/C11H15NO2/c1-8-2-3-10-9(6-8)11(12,7-13)4-5-14-10/h2-3,6,13H,4-5,7,12H2,1H3. The minimum absolute atomic E-state index is 0.0349. The van der Waals surface area contributed by atoms with Gasteiger partial charge in [0.2, 0.25) is 0 Å². The molecule has 3 heteroatoms. The van der Waals surface area contributed by atoms with Gasteiger partial charge in [0.1, 0.15) is 5.75 Å². The van der Waals surface area contributed by atoms with Gasteiger partial charge >= 0.3 is 0 Å². The molecule has 0 aromatic heterocycles. The molecule has 0 spiro atoms. The Morgan fingerprint density at radius 3 is 3.07 bits per heavy atom. The first-order valence-electron chi connectivity index (χ1n) is 4.79. The van der Waals surface area contributed by atoms with Crippen molar-refractivity contribution < 1.29 is 9.84 Å². The zero-order valence-corrected chi connectivity index (χ0v) is 8.29. The summed E-state index contributed by atoms with van der Waals surface area (Å²) in [5, 5.41) is 9.31. The van der Waals surface area contributed by atoms with Crippen LogP contribution in [-0.4, -0.2) is 18.3 Å². The number of aliphatic hydroxyl groups is 1. The molecule has 3 nitrogen and oxygen atoms in total. The third kappa shape index (κ3) is 1.38. The van der Waals surface area contributed by atoms with Gasteiger partial charge in [-0.15, -0.1) is 0 Å². The van der Waals surface area contributed by atoms with E-state index >= 15 is 0 Å². The highest BCUT2D eigenvalue weighted by molar-refractivity contribution is 5.43. The Hall–Kier alpha value is -1.06. The van der Waals surface area contributed by atoms with Crippen LogP contribution in [0.3, 0.4) is 0 Å². The second kappa shape index (κ2) is 3.26. The molecular formula is C11H15NO2. The molecular weight excluding hydrogens is 178 g/mol. The first kappa shape index (κ1) is 9.49. The van der Waals surface area contributed by atoms with Crippen molar-refractivity contribution in [1.29, 1.82) is 0 Å². The molecule has 0 fully saturated rings. The van der Waals surface area contributed by atoms with Crippen LogP contribution in [0.15, 0.2) is 18.2 Å². The van der Waals surface area contributed by atoms with E-state index in [9.17, 15) is 5.11 Å². The molecule has 3 N–H and O–H groups in total. The molecule has 76 valence electrons. The van der Waals surface area contributed by atoms with Gasteiger partial charge in [-0.05, 0) is 13.0 Å². The fourth-order valence-corrected chi connectivity index (χ4v) is 1.80. The number of fused-ring (bicyclic) bond motifs is 1. The lowest BCUT2D eigenvalue weighted by Gasteiger charge is -2.34. The van der Waals surface area contributed by atoms with Crippen LogP contribution in [0.5, 0.6) is 5.75 Å². The first-order chi connectivity index (χ1) is 6.65. The zero-order chi connectivity index (χ0) is 10.2. The maximum atomic E-state index is 9.31. The molecule has 2 rings (SSSR count). The predicted octanol–water partition coefficient (Wildman–Crippen LogP) is 0.924. The maximum Gasteiger partial charge on any atom is 0.124 e. The highest BCUT2D eigenvalue weighted by atomic mass is 16.5. The molecule has 0 saturated heterocycles. The van der Waals surface area contributed by atoms with Crippen LogP contribution in [0, 0.1) is 6.92 Å². The van der Waals surface area contributed by atoms with Crippen LogP contribution in [0.4, 0.5) is 0 Å². The monoisotopic (exact) mass is 193 g/mol. The molecule has 1 aliphatic rings. The van der Waals surface area contributed by atoms with E-state index in [1.165, 1.54) is 0 Å². The van der Waals surface area contributed by atoms with Crippen LogP contribution >= 0.6 is 0 Å². The fraction of sp³-hybridized carbons (Fsp3) is 0.455. The van der Waals surface area contributed by atoms with Crippen molar-refractivity contribution in [1.82, 2.24) is 0 Å². The van der Waals surface area contributed by atoms with Crippen molar-refractivity contribution in [3.63, 3.8) is 0 Å². The molecule has 1 unspecified atom stereocenters. The van der Waals surface area contributed by atoms with Gasteiger partial charge in [-0.2, -0.15) is 0 Å². The second-order valence-corrected chi connectivity index (χ2v) is 3.91. The molecule has 1 aromatic carbocycles. The van der Waals surface area contributed by atoms with E-state index < -0.39 is 5.54 Å². The number of ether oxygens (including phenoxy) is 1. The lowest BCUT2D eigenvalue weighted by atomic mass is 9.85. The van der Waals surface area contributed by atoms with E-state index in [0.717, 1.165) is 16.9 Å². The average molecular weight is 193 g/mol. The Kier molecular flexibility index (Phi) is 2.21. The Labute approximate surface area is 83.5 Å². The van der Waals surface area contributed by atoms with E-state index in [4.69, 9.17) is 10.5 Å². The number of rotatable bonds is 1. The third-order valence-corrected chi connectivity index (χ3v) is 2.76. The molecule has 1 atom stereocenters. The van der Waals surface area contributed by atoms with Crippen LogP contribution < -0.4 is 10.5 Å². The van der Waals surface area contributed by atoms with Crippen LogP contribution in [0.2, 0.25) is 0 Å². The van der Waals surface area contributed by atoms with E-state index in [1.54, 1.807) is 0 Å². The second-order valence-electron chi connectivity index (χ2n) is 3.91. The van der Waals surface area contributed by atoms with E-state index in [2.05, 4.69) is 0 Å². The topological polar surface area (TPSA) is 55.5 Å². The summed E-state index contributed by atoms with van der Waals surface area (Å²) in [5.74, 6) is 0.804. The highest BCUT2D eigenvalue weighted by Gasteiger charge is 2.33. The lowest BCUT2D eigenvalue weighted by Crippen LogP contribution is -2.44. The van der Waals surface area contributed by atoms with E-state index in [1.807, 2.05) is 25.1 Å². The third-order valence-electron chi connectivity index (χ3n) is 2.76. The minimum Gasteiger partial charge on any atom is -0.493 e. The quantitative estimate of drug-likeness (QED) is 0.697. The van der Waals surface area contributed by atoms with Crippen molar-refractivity contribution in [2.24, 2.45) is 5.73 Å². The fourth-order valence-electron chi connectivity index (χ4n) is 1.80. The largest absolute Gasteiger partial charge is 0.493 e. The van der Waals surface area contributed by atoms with Crippen molar-refractivity contribution in [3.05, 3.63) is 29.3 Å². The minimum atomic E-state index is -0.625. The average Bonchev–Trinajstić information content (AvgIpc) is 2.20. The Morgan fingerprint density at radius 2 is 2.36 bits per heavy atom. The Balaban J connectivity index is 2.52. The zero-order valence-electron chi connectivity index (χ0n) is 8.29. The summed E-state index contributed by atoms with van der Waals surface area (Å²) in [4.78, 5) is 0. The number of aliphatic hydroxyl groups excluding tert-OH is 1. The molecule has 14 heavy (non-hydrogen) atoms. The molecule has 0 radical (unpaired) electrons. The predicted molar refractivity (Wildman–Crippen MR) is 54.2 cm³/mol. The molecule has 1 aliphatic heterocycles. The summed E-state index contributed by atoms with van der Waals surface area (Å²) in [6.45, 7) is 2.55. The highest BCUT2D eigenvalue weighted by Crippen LogP contribution is 2.35. The first-order valence-corrected chi connectivity index (χ1v) is 4.79. The molecule has 1 aromatic rings. The normalized spacial score (nSPS) is 25.4. The van der Waals surface area contributed by atoms with Gasteiger partial charge in [0.25, 0.3) is 0 Å². The number of aryl methyl sites for hydroxylation is 1. The summed E-state index contributed by atoms with van der Waals surface area (Å²) in [6, 6.07) is 5.90. The lowest BCUT2D eigenvalue weighted by molar-refractivity contribution is 0.138. The molecule has 0 aliphatic carbocycles. The summed E-state index contributed by atoms with van der Waals surface area (Å²) >= 11 is 0. The number of nitrogens with two attached hydrogens (primary N) is 1. The van der Waals surface area contributed by atoms with Gasteiger partial charge in [0.15, 0.2) is 0 Å². The van der Waals surface area contributed by atoms with E-state index in [-0.39, 0.29) is 6.61 Å². The van der Waals surface area contributed by atoms with Gasteiger partial charge in [-0.1, -0.05) is 17.7 Å². The van der Waals surface area contributed by atoms with Crippen molar-refractivity contribution >= 4 is 0 Å². The smallest absolute Gasteiger partial charge is 0.124 e. The Bertz CT molecular complexity index is 351. The van der Waals surface area contributed by atoms with Crippen molar-refractivity contribution in [2.45, 2.75) is 18.9 Å². The molecule has 0 amide bonds. The van der Waals surface area contributed by atoms with Crippen LogP contribution in [0.1, 0.15) is 17.5 Å². The summed E-state index contributed by atoms with van der Waals surface area (Å²) < 4.78 is 5.48. The van der Waals surface area contributed by atoms with E-state index in [0.29, 0.717) is 13.0 Å². The van der Waals surface area contributed by atoms with Crippen LogP contribution in [-0.2, 0) is 5.54 Å². The van der Waals surface area contributed by atoms with Crippen molar-refractivity contribution in [2.75, 3.05) is 13.2 Å². The van der Waals surface area contributed by atoms with Gasteiger partial charge in [0.05, 0.1) is 18.8 Å². The number of hydrogen-bond acceptors (Lipinski definition) is 3. The number of hydrogen-bond donors (Lipinski definition) is 2. The van der Waals surface area contributed by atoms with Gasteiger partial charge in [-0.25, -0.2) is 0 Å². The molecule has 0 bridgehead atoms. The van der Waals surface area contributed by atoms with Crippen molar-refractivity contribution in [3.8, 4) is 5.75 Å². The van der Waals surface area contributed by atoms with Crippen LogP contribution in [0.25, 0.3) is 0 Å². The molecule has 0 saturated carbocycles. The summed E-state index contributed by atoms with van der Waals surface area (Å²) in [7, 11) is 0. The maximum absolute atomic E-state index is 9.31. The Morgan fingerprint density at radius 1 is 1.57 bits per heavy atom. The van der Waals surface area contributed by atoms with Gasteiger partial charge < -0.3 is 15.6 Å². The SMILES string of the molecule is Cc1ccc2c(c1)C(N)(CO)CCO2. The van der Waals surface area contributed by atoms with Gasteiger partial charge in [0, 0.05) is 12.0 Å². The summed E-state index contributed by atoms with van der Waals surface area (Å²) in [5.41, 5.74) is 7.54. The molecule has 1 heterocycles. The summed E-state index contributed by atoms with van der Waals surface area (Å²) in [6.07, 6.45) is 0.667. The number of benzene rings is 1.